The summed E-state index contributed by atoms with van der Waals surface area (Å²) in [7, 11) is 3.06. The molecule has 1 aromatic carbocycles. The zero-order chi connectivity index (χ0) is 26.5. The Kier molecular flexibility index (Phi) is 7.69. The van der Waals surface area contributed by atoms with Crippen LogP contribution in [0.3, 0.4) is 0 Å². The summed E-state index contributed by atoms with van der Waals surface area (Å²) in [5, 5.41) is 40.4. The van der Waals surface area contributed by atoms with Gasteiger partial charge in [0.15, 0.2) is 17.1 Å². The third-order valence-electron chi connectivity index (χ3n) is 8.80. The first-order valence-corrected chi connectivity index (χ1v) is 13.4. The van der Waals surface area contributed by atoms with Gasteiger partial charge in [-0.25, -0.2) is 4.89 Å². The van der Waals surface area contributed by atoms with Gasteiger partial charge in [0, 0.05) is 18.1 Å². The Morgan fingerprint density at radius 3 is 2.41 bits per heavy atom. The molecule has 10 nitrogen and oxygen atoms in total. The van der Waals surface area contributed by atoms with E-state index in [0.717, 1.165) is 32.1 Å². The third-order valence-corrected chi connectivity index (χ3v) is 9.16. The van der Waals surface area contributed by atoms with Crippen LogP contribution in [0, 0.1) is 17.8 Å². The number of halogens is 1. The molecule has 4 N–H and O–H groups in total. The minimum atomic E-state index is -1.57. The Hall–Kier alpha value is -1.21. The highest BCUT2D eigenvalue weighted by Crippen LogP contribution is 2.65. The summed E-state index contributed by atoms with van der Waals surface area (Å²) in [6.45, 7) is 1.58. The zero-order valence-corrected chi connectivity index (χ0v) is 22.0. The smallest absolute Gasteiger partial charge is 0.260 e. The molecule has 5 rings (SSSR count). The van der Waals surface area contributed by atoms with Crippen molar-refractivity contribution in [1.82, 2.24) is 0 Å². The lowest BCUT2D eigenvalue weighted by Crippen LogP contribution is -2.74. The number of aliphatic hydroxyl groups is 4. The van der Waals surface area contributed by atoms with E-state index in [0.29, 0.717) is 17.2 Å². The van der Waals surface area contributed by atoms with Crippen molar-refractivity contribution >= 4 is 11.6 Å². The molecule has 2 bridgehead atoms. The maximum absolute atomic E-state index is 10.5. The molecule has 11 atom stereocenters. The fourth-order valence-electron chi connectivity index (χ4n) is 7.02. The van der Waals surface area contributed by atoms with E-state index in [1.807, 2.05) is 6.07 Å². The molecule has 0 aromatic heterocycles. The van der Waals surface area contributed by atoms with Crippen LogP contribution in [-0.2, 0) is 25.0 Å². The predicted molar refractivity (Wildman–Crippen MR) is 130 cm³/mol. The van der Waals surface area contributed by atoms with Crippen molar-refractivity contribution in [2.24, 2.45) is 17.8 Å². The normalized spacial score (nSPS) is 45.4. The summed E-state index contributed by atoms with van der Waals surface area (Å²) in [6.07, 6.45) is -2.47. The Morgan fingerprint density at radius 2 is 1.78 bits per heavy atom. The van der Waals surface area contributed by atoms with E-state index in [4.69, 9.17) is 40.3 Å². The third kappa shape index (κ3) is 4.16. The topological polar surface area (TPSA) is 136 Å². The second kappa shape index (κ2) is 10.4. The average Bonchev–Trinajstić information content (AvgIpc) is 2.88. The average molecular weight is 545 g/mol. The molecule has 4 aliphatic rings. The van der Waals surface area contributed by atoms with Gasteiger partial charge in [0.2, 0.25) is 6.29 Å². The second-order valence-corrected chi connectivity index (χ2v) is 11.3. The first-order valence-electron chi connectivity index (χ1n) is 13.0. The van der Waals surface area contributed by atoms with Crippen LogP contribution >= 0.6 is 11.6 Å². The molecule has 6 unspecified atom stereocenters. The lowest BCUT2D eigenvalue weighted by molar-refractivity contribution is -0.641. The van der Waals surface area contributed by atoms with E-state index in [9.17, 15) is 20.4 Å². The Balaban J connectivity index is 1.51. The summed E-state index contributed by atoms with van der Waals surface area (Å²) in [6, 6.07) is 5.21. The summed E-state index contributed by atoms with van der Waals surface area (Å²) in [4.78, 5) is 11.9. The molecule has 2 saturated heterocycles. The zero-order valence-electron chi connectivity index (χ0n) is 21.3. The number of aliphatic hydroxyl groups excluding tert-OH is 4. The van der Waals surface area contributed by atoms with E-state index in [-0.39, 0.29) is 23.0 Å². The number of alkyl halides is 1. The van der Waals surface area contributed by atoms with Crippen LogP contribution in [0.4, 0.5) is 0 Å². The highest BCUT2D eigenvalue weighted by atomic mass is 35.5. The molecule has 2 aliphatic carbocycles. The van der Waals surface area contributed by atoms with Crippen LogP contribution in [-0.4, -0.2) is 82.9 Å². The molecule has 0 amide bonds. The summed E-state index contributed by atoms with van der Waals surface area (Å²) in [5.74, 6) is 0.180. The first kappa shape index (κ1) is 27.4. The number of fused-ring (bicyclic) bond motifs is 3. The lowest BCUT2D eigenvalue weighted by atomic mass is 9.54. The molecule has 208 valence electrons. The van der Waals surface area contributed by atoms with Gasteiger partial charge in [-0.2, -0.15) is 4.89 Å². The number of hydrogen-bond acceptors (Lipinski definition) is 10. The van der Waals surface area contributed by atoms with Crippen molar-refractivity contribution in [1.29, 1.82) is 0 Å². The molecule has 1 spiro atoms. The predicted octanol–water partition coefficient (Wildman–Crippen LogP) is 1.83. The monoisotopic (exact) mass is 544 g/mol. The minimum absolute atomic E-state index is 0.0677. The van der Waals surface area contributed by atoms with Gasteiger partial charge in [-0.3, -0.25) is 0 Å². The molecule has 4 fully saturated rings. The Labute approximate surface area is 221 Å². The van der Waals surface area contributed by atoms with Crippen molar-refractivity contribution in [2.75, 3.05) is 20.8 Å². The van der Waals surface area contributed by atoms with Gasteiger partial charge < -0.3 is 39.4 Å². The molecule has 11 heteroatoms. The number of hydrogen-bond donors (Lipinski definition) is 4. The van der Waals surface area contributed by atoms with Crippen molar-refractivity contribution in [2.45, 2.75) is 86.5 Å². The molecule has 1 aromatic rings. The second-order valence-electron chi connectivity index (χ2n) is 10.7. The minimum Gasteiger partial charge on any atom is -0.493 e. The summed E-state index contributed by atoms with van der Waals surface area (Å²) < 4.78 is 23.1. The fraction of sp³-hybridized carbons (Fsp3) is 0.769. The van der Waals surface area contributed by atoms with E-state index >= 15 is 0 Å². The van der Waals surface area contributed by atoms with Gasteiger partial charge in [-0.1, -0.05) is 13.3 Å². The summed E-state index contributed by atoms with van der Waals surface area (Å²) >= 11 is 6.67. The Bertz CT molecular complexity index is 957. The van der Waals surface area contributed by atoms with E-state index in [1.54, 1.807) is 19.2 Å². The molecular formula is C26H37ClO10. The van der Waals surface area contributed by atoms with E-state index in [2.05, 4.69) is 6.92 Å². The van der Waals surface area contributed by atoms with Gasteiger partial charge in [-0.05, 0) is 61.6 Å². The maximum Gasteiger partial charge on any atom is 0.260 e. The molecule has 2 saturated carbocycles. The first-order chi connectivity index (χ1) is 17.7. The molecular weight excluding hydrogens is 508 g/mol. The van der Waals surface area contributed by atoms with Crippen LogP contribution in [0.25, 0.3) is 0 Å². The fourth-order valence-corrected chi connectivity index (χ4v) is 7.49. The highest BCUT2D eigenvalue weighted by molar-refractivity contribution is 6.20. The Morgan fingerprint density at radius 1 is 1.00 bits per heavy atom. The van der Waals surface area contributed by atoms with Gasteiger partial charge in [0.1, 0.15) is 24.4 Å². The van der Waals surface area contributed by atoms with E-state index < -0.39 is 48.7 Å². The van der Waals surface area contributed by atoms with E-state index in [1.165, 1.54) is 7.11 Å². The number of methoxy groups -OCH3 is 2. The van der Waals surface area contributed by atoms with Crippen LogP contribution < -0.4 is 9.47 Å². The van der Waals surface area contributed by atoms with Gasteiger partial charge in [0.25, 0.3) is 5.79 Å². The van der Waals surface area contributed by atoms with Crippen LogP contribution in [0.1, 0.15) is 44.6 Å². The number of rotatable bonds is 7. The SMILES string of the molecule is CCC1CC2CC(Cl)CC(C2)C12OOC2(OC)c1ccc(OC)c(O[C@@H]2O[C@H](CO)[C@@H](O)[C@H](O)[C@H]2O)c1. The highest BCUT2D eigenvalue weighted by Gasteiger charge is 2.74. The molecule has 2 heterocycles. The van der Waals surface area contributed by atoms with Gasteiger partial charge >= 0.3 is 0 Å². The van der Waals surface area contributed by atoms with Crippen LogP contribution in [0.2, 0.25) is 0 Å². The van der Waals surface area contributed by atoms with Crippen molar-refractivity contribution in [3.63, 3.8) is 0 Å². The standard InChI is InChI=1S/C26H37ClO10/c1-4-14-7-13-8-16(10-17(27)9-13)25(14)26(33-3,37-36-25)15-5-6-18(32-2)19(11-15)34-24-23(31)22(30)21(29)20(12-28)35-24/h5-6,11,13-14,16-17,20-24,28-31H,4,7-10,12H2,1-3H3/t13?,14?,16?,17?,20-,21-,22+,23-,24-,25?,26?/m1/s1. The molecule has 0 radical (unpaired) electrons. The van der Waals surface area contributed by atoms with Crippen molar-refractivity contribution < 1.29 is 49.1 Å². The molecule has 37 heavy (non-hydrogen) atoms. The maximum atomic E-state index is 10.5. The van der Waals surface area contributed by atoms with Crippen molar-refractivity contribution in [3.05, 3.63) is 23.8 Å². The lowest BCUT2D eigenvalue weighted by Gasteiger charge is -2.65. The van der Waals surface area contributed by atoms with Gasteiger partial charge in [0.05, 0.1) is 13.7 Å². The van der Waals surface area contributed by atoms with Crippen molar-refractivity contribution in [3.8, 4) is 11.5 Å². The number of benzene rings is 1. The quantitative estimate of drug-likeness (QED) is 0.297. The molecule has 2 aliphatic heterocycles. The number of ether oxygens (including phenoxy) is 4. The van der Waals surface area contributed by atoms with Gasteiger partial charge in [-0.15, -0.1) is 11.6 Å². The largest absolute Gasteiger partial charge is 0.493 e. The van der Waals surface area contributed by atoms with Crippen LogP contribution in [0.5, 0.6) is 11.5 Å². The van der Waals surface area contributed by atoms with Crippen LogP contribution in [0.15, 0.2) is 18.2 Å². The summed E-state index contributed by atoms with van der Waals surface area (Å²) in [5.41, 5.74) is -0.106.